The molecule has 0 amide bonds. The van der Waals surface area contributed by atoms with E-state index >= 15 is 0 Å². The molecule has 16 atom stereocenters. The summed E-state index contributed by atoms with van der Waals surface area (Å²) >= 11 is 0. The van der Waals surface area contributed by atoms with Crippen LogP contribution in [0.2, 0.25) is 0 Å². The maximum Gasteiger partial charge on any atom is 0.309 e. The summed E-state index contributed by atoms with van der Waals surface area (Å²) in [5, 5.41) is 23.7. The average molecular weight is 847 g/mol. The van der Waals surface area contributed by atoms with Gasteiger partial charge in [0.2, 0.25) is 0 Å². The topological polar surface area (TPSA) is 213 Å². The zero-order chi connectivity index (χ0) is 44.4. The number of ether oxygens (including phenoxy) is 10. The summed E-state index contributed by atoms with van der Waals surface area (Å²) in [5.41, 5.74) is 5.19. The summed E-state index contributed by atoms with van der Waals surface area (Å²) in [6, 6.07) is -1.13. The number of likely N-dealkylation sites (N-methyl/N-ethyl adjacent to an activating group) is 1. The Bertz CT molecular complexity index is 1340. The van der Waals surface area contributed by atoms with E-state index in [4.69, 9.17) is 53.1 Å². The van der Waals surface area contributed by atoms with Crippen molar-refractivity contribution >= 4 is 17.9 Å². The molecule has 17 nitrogen and oxygen atoms in total. The van der Waals surface area contributed by atoms with Crippen molar-refractivity contribution in [3.63, 3.8) is 0 Å². The van der Waals surface area contributed by atoms with Crippen molar-refractivity contribution in [3.8, 4) is 0 Å². The molecule has 59 heavy (non-hydrogen) atoms. The van der Waals surface area contributed by atoms with Crippen molar-refractivity contribution in [2.75, 3.05) is 35.4 Å². The minimum Gasteiger partial charge on any atom is -0.462 e. The molecule has 3 heterocycles. The van der Waals surface area contributed by atoms with Crippen LogP contribution in [0, 0.1) is 17.8 Å². The van der Waals surface area contributed by atoms with Crippen molar-refractivity contribution in [1.82, 2.24) is 4.90 Å². The number of carbonyl (C=O) groups is 3. The molecule has 0 aromatic carbocycles. The number of nitrogens with two attached hydrogens (primary N) is 1. The van der Waals surface area contributed by atoms with Crippen LogP contribution in [0.4, 0.5) is 0 Å². The van der Waals surface area contributed by atoms with Gasteiger partial charge in [-0.15, -0.1) is 0 Å². The van der Waals surface area contributed by atoms with Crippen LogP contribution in [0.3, 0.4) is 0 Å². The number of aliphatic hydroxyl groups is 2. The zero-order valence-electron chi connectivity index (χ0n) is 37.4. The number of aliphatic hydroxyl groups excluding tert-OH is 1. The van der Waals surface area contributed by atoms with Crippen LogP contribution in [0.25, 0.3) is 0 Å². The van der Waals surface area contributed by atoms with Gasteiger partial charge >= 0.3 is 17.9 Å². The Hall–Kier alpha value is -2.29. The SMILES string of the molecule is COC(C[C@H]1C[C@@H](C)[C@@H](N)/C=C/C[C@@H](C)OC(=O)C[C@@H](OC(C)=O)[C@H](OC)[C@H]1O[C@@H]1O[C@H](C)C(O[C@H]2C[C@@](C)(O)[C@@H](OC(=O)CC(C)C)[C@H](C)O2)[C@H](N(C)C)[C@H]1O)OC. The fourth-order valence-corrected chi connectivity index (χ4v) is 8.41. The first kappa shape index (κ1) is 51.1. The molecule has 0 spiro atoms. The summed E-state index contributed by atoms with van der Waals surface area (Å²) in [6.07, 6.45) is -6.40. The molecule has 0 aromatic rings. The molecule has 2 saturated heterocycles. The van der Waals surface area contributed by atoms with Gasteiger partial charge in [0.15, 0.2) is 25.0 Å². The third kappa shape index (κ3) is 14.7. The van der Waals surface area contributed by atoms with Gasteiger partial charge in [0.1, 0.15) is 36.1 Å². The lowest BCUT2D eigenvalue weighted by Gasteiger charge is -2.50. The predicted molar refractivity (Wildman–Crippen MR) is 214 cm³/mol. The highest BCUT2D eigenvalue weighted by Crippen LogP contribution is 2.38. The van der Waals surface area contributed by atoms with E-state index in [1.807, 2.05) is 32.9 Å². The molecule has 3 aliphatic rings. The first-order chi connectivity index (χ1) is 27.6. The normalized spacial score (nSPS) is 39.7. The number of hydrogen-bond acceptors (Lipinski definition) is 17. The summed E-state index contributed by atoms with van der Waals surface area (Å²) in [4.78, 5) is 40.3. The molecule has 1 unspecified atom stereocenters. The lowest BCUT2D eigenvalue weighted by Crippen LogP contribution is -2.66. The van der Waals surface area contributed by atoms with E-state index in [0.717, 1.165) is 0 Å². The molecular weight excluding hydrogens is 772 g/mol. The second-order valence-corrected chi connectivity index (χ2v) is 17.4. The third-order valence-corrected chi connectivity index (χ3v) is 11.4. The molecule has 0 bridgehead atoms. The number of carbonyl (C=O) groups excluding carboxylic acids is 3. The molecule has 2 fully saturated rings. The van der Waals surface area contributed by atoms with Gasteiger partial charge < -0.3 is 68.2 Å². The average Bonchev–Trinajstić information content (AvgIpc) is 3.11. The fourth-order valence-electron chi connectivity index (χ4n) is 8.41. The van der Waals surface area contributed by atoms with Crippen LogP contribution in [0.5, 0.6) is 0 Å². The zero-order valence-corrected chi connectivity index (χ0v) is 37.4. The van der Waals surface area contributed by atoms with E-state index in [2.05, 4.69) is 0 Å². The van der Waals surface area contributed by atoms with Crippen LogP contribution in [-0.2, 0) is 61.8 Å². The Morgan fingerprint density at radius 1 is 1.00 bits per heavy atom. The predicted octanol–water partition coefficient (Wildman–Crippen LogP) is 2.84. The van der Waals surface area contributed by atoms with Gasteiger partial charge in [-0.25, -0.2) is 0 Å². The van der Waals surface area contributed by atoms with Crippen molar-refractivity contribution in [2.24, 2.45) is 23.5 Å². The number of esters is 3. The molecule has 0 aliphatic carbocycles. The molecule has 0 aromatic heterocycles. The van der Waals surface area contributed by atoms with Crippen LogP contribution in [0.15, 0.2) is 12.2 Å². The minimum atomic E-state index is -1.48. The molecular formula is C42H74N2O15. The molecule has 17 heteroatoms. The first-order valence-corrected chi connectivity index (χ1v) is 20.9. The van der Waals surface area contributed by atoms with Gasteiger partial charge in [-0.1, -0.05) is 32.9 Å². The van der Waals surface area contributed by atoms with E-state index in [-0.39, 0.29) is 37.5 Å². The second kappa shape index (κ2) is 23.2. The summed E-state index contributed by atoms with van der Waals surface area (Å²) in [7, 11) is 8.04. The Morgan fingerprint density at radius 2 is 1.66 bits per heavy atom. The smallest absolute Gasteiger partial charge is 0.309 e. The van der Waals surface area contributed by atoms with Crippen molar-refractivity contribution in [1.29, 1.82) is 0 Å². The van der Waals surface area contributed by atoms with Gasteiger partial charge in [0.05, 0.1) is 30.8 Å². The Morgan fingerprint density at radius 3 is 2.22 bits per heavy atom. The maximum atomic E-state index is 13.3. The number of nitrogens with zero attached hydrogens (tertiary/aromatic N) is 1. The van der Waals surface area contributed by atoms with Crippen LogP contribution < -0.4 is 5.73 Å². The summed E-state index contributed by atoms with van der Waals surface area (Å²) in [6.45, 7) is 13.9. The van der Waals surface area contributed by atoms with Gasteiger partial charge in [-0.3, -0.25) is 14.4 Å². The number of rotatable bonds is 14. The van der Waals surface area contributed by atoms with Crippen molar-refractivity contribution < 1.29 is 72.0 Å². The largest absolute Gasteiger partial charge is 0.462 e. The van der Waals surface area contributed by atoms with E-state index < -0.39 is 115 Å². The minimum absolute atomic E-state index is 0.0238. The van der Waals surface area contributed by atoms with E-state index in [9.17, 15) is 24.6 Å². The fraction of sp³-hybridized carbons (Fsp3) is 0.881. The number of hydrogen-bond donors (Lipinski definition) is 3. The Labute approximate surface area is 350 Å². The third-order valence-electron chi connectivity index (χ3n) is 11.4. The van der Waals surface area contributed by atoms with Gasteiger partial charge in [-0.2, -0.15) is 0 Å². The molecule has 342 valence electrons. The standard InChI is InChI=1S/C42H74N2O15/c1-22(2)17-31(46)57-40-26(6)54-34(21-42(40,8)49)58-37-25(5)55-41(36(48)35(37)44(9)10)59-38-28(19-33(50-11)51-12)18-23(3)29(43)16-14-15-24(4)53-32(47)20-30(39(38)52-13)56-27(7)45/h14,16,22-26,28-30,33-41,48-49H,15,17-21,43H2,1-13H3/b16-14+/t23-,24-,25-,26+,28-,29+,30-,34+,35-,36-,37?,38+,39+,40+,41+,42-/m1/s1. The molecule has 3 aliphatic heterocycles. The number of cyclic esters (lactones) is 1. The first-order valence-electron chi connectivity index (χ1n) is 20.9. The van der Waals surface area contributed by atoms with E-state index in [1.54, 1.807) is 46.7 Å². The van der Waals surface area contributed by atoms with Crippen LogP contribution in [0.1, 0.15) is 93.9 Å². The van der Waals surface area contributed by atoms with Crippen molar-refractivity contribution in [2.45, 2.75) is 185 Å². The van der Waals surface area contributed by atoms with Gasteiger partial charge in [0.25, 0.3) is 0 Å². The highest BCUT2D eigenvalue weighted by Gasteiger charge is 2.53. The van der Waals surface area contributed by atoms with E-state index in [1.165, 1.54) is 28.3 Å². The lowest BCUT2D eigenvalue weighted by molar-refractivity contribution is -0.345. The highest BCUT2D eigenvalue weighted by atomic mass is 16.7. The number of methoxy groups -OCH3 is 3. The molecule has 4 N–H and O–H groups in total. The summed E-state index contributed by atoms with van der Waals surface area (Å²) < 4.78 is 60.6. The second-order valence-electron chi connectivity index (χ2n) is 17.4. The molecule has 0 saturated carbocycles. The molecule has 3 rings (SSSR count). The van der Waals surface area contributed by atoms with Gasteiger partial charge in [-0.05, 0) is 66.0 Å². The van der Waals surface area contributed by atoms with Gasteiger partial charge in [0, 0.05) is 60.0 Å². The Kier molecular flexibility index (Phi) is 20.1. The van der Waals surface area contributed by atoms with Crippen LogP contribution >= 0.6 is 0 Å². The van der Waals surface area contributed by atoms with Crippen LogP contribution in [-0.4, -0.2) is 160 Å². The monoisotopic (exact) mass is 847 g/mol. The van der Waals surface area contributed by atoms with Crippen molar-refractivity contribution in [3.05, 3.63) is 12.2 Å². The summed E-state index contributed by atoms with van der Waals surface area (Å²) in [5.74, 6) is -2.21. The highest BCUT2D eigenvalue weighted by molar-refractivity contribution is 5.72. The lowest BCUT2D eigenvalue weighted by atomic mass is 9.81. The quantitative estimate of drug-likeness (QED) is 0.0993. The van der Waals surface area contributed by atoms with E-state index in [0.29, 0.717) is 12.8 Å². The molecule has 0 radical (unpaired) electrons. The Balaban J connectivity index is 2.02. The maximum absolute atomic E-state index is 13.3.